The summed E-state index contributed by atoms with van der Waals surface area (Å²) in [7, 11) is 1.31. The van der Waals surface area contributed by atoms with Gasteiger partial charge in [0.15, 0.2) is 0 Å². The molecule has 3 fully saturated rings. The van der Waals surface area contributed by atoms with Gasteiger partial charge >= 0.3 is 6.09 Å². The fourth-order valence-corrected chi connectivity index (χ4v) is 10.3. The van der Waals surface area contributed by atoms with Crippen LogP contribution in [0.2, 0.25) is 0 Å². The third-order valence-electron chi connectivity index (χ3n) is 13.6. The van der Waals surface area contributed by atoms with E-state index in [1.165, 1.54) is 29.5 Å². The molecule has 12 nitrogen and oxygen atoms in total. The maximum Gasteiger partial charge on any atom is 0.407 e. The molecule has 0 bridgehead atoms. The van der Waals surface area contributed by atoms with Crippen LogP contribution in [0, 0.1) is 32.1 Å². The lowest BCUT2D eigenvalue weighted by molar-refractivity contribution is -0.135. The maximum absolute atomic E-state index is 13.9. The van der Waals surface area contributed by atoms with E-state index >= 15 is 0 Å². The summed E-state index contributed by atoms with van der Waals surface area (Å²) in [5.41, 5.74) is 11.1. The zero-order valence-electron chi connectivity index (χ0n) is 38.3. The standard InChI is InChI=1S/C50H65N8O4/c1-28(2)27-42(59)56-25-11-13-40(56)46-51-36-21-19-34(30(5)44(36)53-46)38-23-24-39(58(38)33-17-15-32(16-18-33)50(7,8)9)35-20-22-37-45(31(35)6)54-47(52-37)41-14-12-26-57(41)48(60)43(29(3)4)55-49(61)62-10/h15-22,27-29,38-41,43H,11-14,23-26H2,1-10H3,(H,51,53)(H,52,54)(H,55,61)/t38-,39-,40+,41+,43+/m1/s1. The number of aryl methyl sites for hydroxylation is 2. The molecule has 3 amide bonds. The quantitative estimate of drug-likeness (QED) is 0.127. The van der Waals surface area contributed by atoms with E-state index in [1.807, 2.05) is 43.9 Å². The maximum atomic E-state index is 13.9. The number of rotatable bonds is 10. The van der Waals surface area contributed by atoms with Crippen LogP contribution >= 0.6 is 0 Å². The molecular formula is C50H65N8O4. The van der Waals surface area contributed by atoms with Crippen molar-refractivity contribution in [1.29, 1.82) is 0 Å². The fraction of sp³-hybridized carbons (Fsp3) is 0.520. The van der Waals surface area contributed by atoms with Crippen LogP contribution in [0.3, 0.4) is 0 Å². The molecule has 0 saturated carbocycles. The first-order valence-electron chi connectivity index (χ1n) is 22.7. The van der Waals surface area contributed by atoms with Crippen molar-refractivity contribution in [3.05, 3.63) is 94.4 Å². The number of amides is 3. The number of alkyl carbamates (subject to hydrolysis) is 1. The number of nitrogens with zero attached hydrogens (tertiary/aromatic N) is 5. The number of fused-ring (bicyclic) bond motifs is 2. The molecule has 0 aliphatic carbocycles. The number of likely N-dealkylation sites (tertiary alicyclic amines) is 2. The minimum atomic E-state index is -0.694. The largest absolute Gasteiger partial charge is 0.453 e. The Bertz CT molecular complexity index is 2460. The van der Waals surface area contributed by atoms with Gasteiger partial charge in [-0.2, -0.15) is 0 Å². The van der Waals surface area contributed by atoms with Gasteiger partial charge in [0.25, 0.3) is 0 Å². The highest BCUT2D eigenvalue weighted by atomic mass is 16.5. The smallest absolute Gasteiger partial charge is 0.407 e. The summed E-state index contributed by atoms with van der Waals surface area (Å²) in [5.74, 6) is 1.69. The van der Waals surface area contributed by atoms with Crippen molar-refractivity contribution in [2.24, 2.45) is 11.8 Å². The molecule has 8 rings (SSSR count). The SMILES string of the molecule is COC(=O)N[C@H](C(=O)N1CCC[C@H]1c1nc2c(C)c([C@H]3CC[C@H](c4ccc5[nH]c([C@@H]6CCCN6C(=O)[CH]C(C)C)nc5c4C)N3c3ccc(C(C)(C)C)cc3)ccc2[nH]1)C(C)C. The van der Waals surface area contributed by atoms with Crippen molar-refractivity contribution in [2.45, 2.75) is 136 Å². The van der Waals surface area contributed by atoms with Crippen LogP contribution in [0.25, 0.3) is 22.1 Å². The highest BCUT2D eigenvalue weighted by Gasteiger charge is 2.40. The number of hydrogen-bond donors (Lipinski definition) is 3. The van der Waals surface area contributed by atoms with Gasteiger partial charge in [0, 0.05) is 18.8 Å². The number of benzene rings is 3. The number of aromatic nitrogens is 4. The van der Waals surface area contributed by atoms with Crippen molar-refractivity contribution in [2.75, 3.05) is 25.1 Å². The summed E-state index contributed by atoms with van der Waals surface area (Å²) < 4.78 is 4.85. The van der Waals surface area contributed by atoms with Gasteiger partial charge in [-0.1, -0.05) is 72.7 Å². The van der Waals surface area contributed by atoms with Gasteiger partial charge in [-0.25, -0.2) is 14.8 Å². The number of hydrogen-bond acceptors (Lipinski definition) is 7. The summed E-state index contributed by atoms with van der Waals surface area (Å²) in [6, 6.07) is 17.2. The molecule has 12 heteroatoms. The van der Waals surface area contributed by atoms with Gasteiger partial charge < -0.3 is 34.7 Å². The van der Waals surface area contributed by atoms with E-state index in [0.29, 0.717) is 6.54 Å². The molecule has 5 atom stereocenters. The molecule has 5 heterocycles. The Hall–Kier alpha value is -5.39. The minimum Gasteiger partial charge on any atom is -0.453 e. The lowest BCUT2D eigenvalue weighted by atomic mass is 9.87. The molecule has 3 N–H and O–H groups in total. The van der Waals surface area contributed by atoms with Crippen LogP contribution in [0.1, 0.15) is 151 Å². The molecule has 62 heavy (non-hydrogen) atoms. The number of carbonyl (C=O) groups is 3. The van der Waals surface area contributed by atoms with Gasteiger partial charge in [-0.05, 0) is 122 Å². The molecule has 3 aliphatic rings. The molecule has 0 unspecified atom stereocenters. The molecule has 3 aromatic carbocycles. The molecule has 2 aromatic heterocycles. The number of carbonyl (C=O) groups excluding carboxylic acids is 3. The highest BCUT2D eigenvalue weighted by molar-refractivity contribution is 5.87. The van der Waals surface area contributed by atoms with Crippen molar-refractivity contribution in [3.8, 4) is 0 Å². The molecule has 0 spiro atoms. The number of methoxy groups -OCH3 is 1. The van der Waals surface area contributed by atoms with E-state index in [9.17, 15) is 14.4 Å². The zero-order chi connectivity index (χ0) is 44.2. The summed E-state index contributed by atoms with van der Waals surface area (Å²) in [4.78, 5) is 63.5. The zero-order valence-corrected chi connectivity index (χ0v) is 38.3. The number of anilines is 1. The Morgan fingerprint density at radius 3 is 1.74 bits per heavy atom. The Morgan fingerprint density at radius 2 is 1.26 bits per heavy atom. The summed E-state index contributed by atoms with van der Waals surface area (Å²) >= 11 is 0. The van der Waals surface area contributed by atoms with Crippen LogP contribution in [0.15, 0.2) is 48.5 Å². The summed E-state index contributed by atoms with van der Waals surface area (Å²) in [6.45, 7) is 20.4. The monoisotopic (exact) mass is 842 g/mol. The summed E-state index contributed by atoms with van der Waals surface area (Å²) in [6.07, 6.45) is 6.64. The minimum absolute atomic E-state index is 0.0281. The predicted octanol–water partition coefficient (Wildman–Crippen LogP) is 10.0. The number of H-pyrrole nitrogens is 2. The van der Waals surface area contributed by atoms with E-state index in [2.05, 4.69) is 103 Å². The van der Waals surface area contributed by atoms with Gasteiger partial charge in [-0.3, -0.25) is 9.59 Å². The summed E-state index contributed by atoms with van der Waals surface area (Å²) in [5, 5.41) is 2.76. The van der Waals surface area contributed by atoms with Crippen molar-refractivity contribution >= 4 is 45.7 Å². The van der Waals surface area contributed by atoms with Crippen LogP contribution in [0.5, 0.6) is 0 Å². The molecule has 3 aliphatic heterocycles. The molecule has 1 radical (unpaired) electrons. The second kappa shape index (κ2) is 17.1. The highest BCUT2D eigenvalue weighted by Crippen LogP contribution is 2.50. The fourth-order valence-electron chi connectivity index (χ4n) is 10.3. The van der Waals surface area contributed by atoms with Crippen LogP contribution in [0.4, 0.5) is 10.5 Å². The first kappa shape index (κ1) is 43.3. The van der Waals surface area contributed by atoms with Crippen molar-refractivity contribution in [3.63, 3.8) is 0 Å². The second-order valence-electron chi connectivity index (χ2n) is 19.6. The number of ether oxygens (including phenoxy) is 1. The third kappa shape index (κ3) is 8.05. The van der Waals surface area contributed by atoms with Crippen molar-refractivity contribution < 1.29 is 19.1 Å². The first-order valence-corrected chi connectivity index (χ1v) is 22.7. The van der Waals surface area contributed by atoms with E-state index in [0.717, 1.165) is 89.9 Å². The molecule has 3 saturated heterocycles. The second-order valence-corrected chi connectivity index (χ2v) is 19.6. The molecule has 5 aromatic rings. The van der Waals surface area contributed by atoms with Gasteiger partial charge in [0.2, 0.25) is 11.8 Å². The first-order chi connectivity index (χ1) is 29.5. The molecular weight excluding hydrogens is 777 g/mol. The predicted molar refractivity (Wildman–Crippen MR) is 245 cm³/mol. The average molecular weight is 842 g/mol. The lowest BCUT2D eigenvalue weighted by Gasteiger charge is -2.35. The van der Waals surface area contributed by atoms with Crippen LogP contribution in [-0.2, 0) is 19.7 Å². The Morgan fingerprint density at radius 1 is 0.742 bits per heavy atom. The van der Waals surface area contributed by atoms with Crippen LogP contribution < -0.4 is 10.2 Å². The van der Waals surface area contributed by atoms with E-state index < -0.39 is 12.1 Å². The average Bonchev–Trinajstić information content (AvgIpc) is 4.08. The van der Waals surface area contributed by atoms with Crippen LogP contribution in [-0.4, -0.2) is 73.9 Å². The van der Waals surface area contributed by atoms with E-state index in [-0.39, 0.29) is 53.2 Å². The van der Waals surface area contributed by atoms with E-state index in [1.54, 1.807) is 0 Å². The van der Waals surface area contributed by atoms with Gasteiger partial charge in [0.1, 0.15) is 17.7 Å². The Kier molecular flexibility index (Phi) is 11.9. The van der Waals surface area contributed by atoms with E-state index in [4.69, 9.17) is 14.7 Å². The molecule has 329 valence electrons. The lowest BCUT2D eigenvalue weighted by Crippen LogP contribution is -2.51. The Labute approximate surface area is 366 Å². The Balaban J connectivity index is 1.14. The normalized spacial score (nSPS) is 21.3. The number of aromatic amines is 2. The van der Waals surface area contributed by atoms with Gasteiger partial charge in [0.05, 0.1) is 59.8 Å². The number of imidazole rings is 2. The van der Waals surface area contributed by atoms with Crippen molar-refractivity contribution in [1.82, 2.24) is 35.1 Å². The topological polar surface area (TPSA) is 140 Å². The van der Waals surface area contributed by atoms with Gasteiger partial charge in [-0.15, -0.1) is 0 Å². The number of nitrogens with one attached hydrogen (secondary N) is 3. The third-order valence-corrected chi connectivity index (χ3v) is 13.6.